The maximum atomic E-state index is 13.3. The first-order valence-electron chi connectivity index (χ1n) is 13.5. The van der Waals surface area contributed by atoms with Crippen LogP contribution in [0.15, 0.2) is 54.9 Å². The second-order valence-corrected chi connectivity index (χ2v) is 10.6. The molecule has 2 fully saturated rings. The minimum absolute atomic E-state index is 0.147. The summed E-state index contributed by atoms with van der Waals surface area (Å²) in [5.41, 5.74) is 8.37. The van der Waals surface area contributed by atoms with Crippen LogP contribution in [0.2, 0.25) is 0 Å². The largest absolute Gasteiger partial charge is 0.419 e. The van der Waals surface area contributed by atoms with Crippen LogP contribution in [0.3, 0.4) is 0 Å². The number of hydrogen-bond donors (Lipinski definition) is 1. The van der Waals surface area contributed by atoms with Crippen LogP contribution in [0.4, 0.5) is 19.0 Å². The number of amides is 1. The fourth-order valence-corrected chi connectivity index (χ4v) is 5.64. The molecule has 2 aliphatic rings. The van der Waals surface area contributed by atoms with Gasteiger partial charge in [0.2, 0.25) is 5.91 Å². The van der Waals surface area contributed by atoms with Crippen LogP contribution in [-0.2, 0) is 17.5 Å². The number of piperidine rings is 1. The second kappa shape index (κ2) is 10.5. The van der Waals surface area contributed by atoms with Gasteiger partial charge in [-0.15, -0.1) is 0 Å². The van der Waals surface area contributed by atoms with Gasteiger partial charge in [0.15, 0.2) is 5.65 Å². The van der Waals surface area contributed by atoms with Crippen LogP contribution in [0, 0.1) is 5.92 Å². The summed E-state index contributed by atoms with van der Waals surface area (Å²) in [5, 5.41) is 4.57. The number of nitrogen functional groups attached to an aromatic ring is 1. The second-order valence-electron chi connectivity index (χ2n) is 10.6. The number of aromatic nitrogens is 4. The Morgan fingerprint density at radius 2 is 1.65 bits per heavy atom. The molecule has 3 aromatic heterocycles. The maximum absolute atomic E-state index is 13.3. The Hall–Kier alpha value is -3.99. The molecule has 0 saturated carbocycles. The molecule has 6 rings (SSSR count). The summed E-state index contributed by atoms with van der Waals surface area (Å²) in [4.78, 5) is 25.3. The average Bonchev–Trinajstić information content (AvgIpc) is 3.64. The molecule has 208 valence electrons. The lowest BCUT2D eigenvalue weighted by Crippen LogP contribution is -2.41. The van der Waals surface area contributed by atoms with Gasteiger partial charge >= 0.3 is 6.18 Å². The molecule has 40 heavy (non-hydrogen) atoms. The third kappa shape index (κ3) is 5.25. The topological polar surface area (TPSA) is 92.6 Å². The van der Waals surface area contributed by atoms with E-state index < -0.39 is 17.6 Å². The van der Waals surface area contributed by atoms with E-state index in [1.165, 1.54) is 11.8 Å². The number of hydrogen-bond acceptors (Lipinski definition) is 6. The molecule has 8 nitrogen and oxygen atoms in total. The molecule has 1 amide bonds. The quantitative estimate of drug-likeness (QED) is 0.381. The third-order valence-corrected chi connectivity index (χ3v) is 7.89. The summed E-state index contributed by atoms with van der Waals surface area (Å²) >= 11 is 0. The standard InChI is InChI=1S/C29H30F3N7O/c30-29(31,32)23-15-22(16-35-27(23)33)24-7-8-26-34-17-25(39(26)36-24)20-5-3-19(4-6-20)18-37-13-9-21(10-14-37)28(40)38-11-1-2-12-38/h3-8,15-17,21H,1-2,9-14,18H2,(H2,33,35). The summed E-state index contributed by atoms with van der Waals surface area (Å²) in [7, 11) is 0. The number of carbonyl (C=O) groups excluding carboxylic acids is 1. The molecule has 2 aliphatic heterocycles. The molecule has 0 aliphatic carbocycles. The molecule has 0 bridgehead atoms. The van der Waals surface area contributed by atoms with Crippen LogP contribution >= 0.6 is 0 Å². The minimum atomic E-state index is -4.61. The van der Waals surface area contributed by atoms with Gasteiger partial charge in [-0.3, -0.25) is 9.69 Å². The van der Waals surface area contributed by atoms with E-state index in [1.807, 2.05) is 17.0 Å². The van der Waals surface area contributed by atoms with E-state index in [4.69, 9.17) is 5.73 Å². The van der Waals surface area contributed by atoms with Crippen LogP contribution in [0.5, 0.6) is 0 Å². The Labute approximate surface area is 229 Å². The Morgan fingerprint density at radius 1 is 0.925 bits per heavy atom. The Bertz CT molecular complexity index is 1520. The minimum Gasteiger partial charge on any atom is -0.383 e. The zero-order valence-electron chi connectivity index (χ0n) is 21.9. The third-order valence-electron chi connectivity index (χ3n) is 7.89. The summed E-state index contributed by atoms with van der Waals surface area (Å²) in [6.07, 6.45) is 2.42. The highest BCUT2D eigenvalue weighted by Crippen LogP contribution is 2.35. The summed E-state index contributed by atoms with van der Waals surface area (Å²) in [6.45, 7) is 4.44. The van der Waals surface area contributed by atoms with Crippen molar-refractivity contribution >= 4 is 17.4 Å². The number of carbonyl (C=O) groups is 1. The summed E-state index contributed by atoms with van der Waals surface area (Å²) < 4.78 is 41.7. The molecule has 4 aromatic rings. The number of likely N-dealkylation sites (tertiary alicyclic amines) is 2. The highest BCUT2D eigenvalue weighted by atomic mass is 19.4. The molecule has 5 heterocycles. The fourth-order valence-electron chi connectivity index (χ4n) is 5.64. The summed E-state index contributed by atoms with van der Waals surface area (Å²) in [6, 6.07) is 12.4. The van der Waals surface area contributed by atoms with Crippen molar-refractivity contribution in [2.45, 2.75) is 38.4 Å². The van der Waals surface area contributed by atoms with E-state index in [0.29, 0.717) is 17.2 Å². The van der Waals surface area contributed by atoms with Crippen molar-refractivity contribution in [2.75, 3.05) is 31.9 Å². The number of imidazole rings is 1. The number of fused-ring (bicyclic) bond motifs is 1. The Kier molecular flexibility index (Phi) is 6.91. The Balaban J connectivity index is 1.15. The first-order valence-corrected chi connectivity index (χ1v) is 13.5. The van der Waals surface area contributed by atoms with Crippen molar-refractivity contribution in [3.63, 3.8) is 0 Å². The van der Waals surface area contributed by atoms with Crippen molar-refractivity contribution in [3.05, 3.63) is 66.0 Å². The molecule has 11 heteroatoms. The predicted molar refractivity (Wildman–Crippen MR) is 145 cm³/mol. The van der Waals surface area contributed by atoms with Crippen molar-refractivity contribution in [1.82, 2.24) is 29.4 Å². The van der Waals surface area contributed by atoms with Gasteiger partial charge in [0.1, 0.15) is 5.82 Å². The SMILES string of the molecule is Nc1ncc(-c2ccc3ncc(-c4ccc(CN5CCC(C(=O)N6CCCC6)CC5)cc4)n3n2)cc1C(F)(F)F. The molecule has 2 saturated heterocycles. The van der Waals surface area contributed by atoms with Crippen molar-refractivity contribution in [2.24, 2.45) is 5.92 Å². The average molecular weight is 550 g/mol. The maximum Gasteiger partial charge on any atom is 0.419 e. The number of nitrogens with zero attached hydrogens (tertiary/aromatic N) is 6. The molecular weight excluding hydrogens is 519 g/mol. The lowest BCUT2D eigenvalue weighted by molar-refractivity contribution is -0.137. The van der Waals surface area contributed by atoms with Gasteiger partial charge < -0.3 is 10.6 Å². The fraction of sp³-hybridized carbons (Fsp3) is 0.379. The molecule has 0 atom stereocenters. The monoisotopic (exact) mass is 549 g/mol. The number of pyridine rings is 1. The predicted octanol–water partition coefficient (Wildman–Crippen LogP) is 4.89. The van der Waals surface area contributed by atoms with E-state index in [-0.39, 0.29) is 11.5 Å². The van der Waals surface area contributed by atoms with Crippen LogP contribution < -0.4 is 5.73 Å². The number of nitrogens with two attached hydrogens (primary N) is 1. The van der Waals surface area contributed by atoms with Gasteiger partial charge in [-0.25, -0.2) is 14.5 Å². The van der Waals surface area contributed by atoms with Gasteiger partial charge in [-0.1, -0.05) is 24.3 Å². The highest BCUT2D eigenvalue weighted by Gasteiger charge is 2.34. The lowest BCUT2D eigenvalue weighted by Gasteiger charge is -2.33. The molecule has 1 aromatic carbocycles. The van der Waals surface area contributed by atoms with Gasteiger partial charge in [0.25, 0.3) is 0 Å². The molecule has 0 unspecified atom stereocenters. The van der Waals surface area contributed by atoms with E-state index in [0.717, 1.165) is 75.7 Å². The van der Waals surface area contributed by atoms with E-state index in [9.17, 15) is 18.0 Å². The van der Waals surface area contributed by atoms with Crippen molar-refractivity contribution in [1.29, 1.82) is 0 Å². The zero-order chi connectivity index (χ0) is 27.9. The highest BCUT2D eigenvalue weighted by molar-refractivity contribution is 5.79. The smallest absolute Gasteiger partial charge is 0.383 e. The first kappa shape index (κ1) is 26.2. The van der Waals surface area contributed by atoms with Crippen LogP contribution in [0.25, 0.3) is 28.2 Å². The molecule has 0 radical (unpaired) electrons. The summed E-state index contributed by atoms with van der Waals surface area (Å²) in [5.74, 6) is -0.0891. The van der Waals surface area contributed by atoms with Crippen molar-refractivity contribution in [3.8, 4) is 22.5 Å². The van der Waals surface area contributed by atoms with E-state index in [1.54, 1.807) is 22.8 Å². The van der Waals surface area contributed by atoms with Gasteiger partial charge in [-0.05, 0) is 62.5 Å². The first-order chi connectivity index (χ1) is 19.3. The van der Waals surface area contributed by atoms with Crippen LogP contribution in [0.1, 0.15) is 36.8 Å². The molecule has 0 spiro atoms. The van der Waals surface area contributed by atoms with Crippen molar-refractivity contribution < 1.29 is 18.0 Å². The van der Waals surface area contributed by atoms with Gasteiger partial charge in [0, 0.05) is 42.9 Å². The van der Waals surface area contributed by atoms with Gasteiger partial charge in [0.05, 0.1) is 23.1 Å². The van der Waals surface area contributed by atoms with Crippen LogP contribution in [-0.4, -0.2) is 61.5 Å². The number of alkyl halides is 3. The zero-order valence-corrected chi connectivity index (χ0v) is 21.9. The Morgan fingerprint density at radius 3 is 2.35 bits per heavy atom. The molecule has 2 N–H and O–H groups in total. The van der Waals surface area contributed by atoms with Gasteiger partial charge in [-0.2, -0.15) is 18.3 Å². The van der Waals surface area contributed by atoms with E-state index >= 15 is 0 Å². The normalized spacial score (nSPS) is 17.1. The number of rotatable bonds is 5. The number of benzene rings is 1. The molecular formula is C29H30F3N7O. The number of anilines is 1. The van der Waals surface area contributed by atoms with E-state index in [2.05, 4.69) is 32.1 Å². The lowest BCUT2D eigenvalue weighted by atomic mass is 9.95. The number of halogens is 3.